The third-order valence-corrected chi connectivity index (χ3v) is 7.74. The van der Waals surface area contributed by atoms with Crippen LogP contribution in [0.2, 0.25) is 0 Å². The molecule has 1 saturated heterocycles. The second kappa shape index (κ2) is 9.86. The molecule has 0 aliphatic carbocycles. The summed E-state index contributed by atoms with van der Waals surface area (Å²) >= 11 is 0. The molecule has 3 aliphatic rings. The highest BCUT2D eigenvalue weighted by molar-refractivity contribution is 5.97. The van der Waals surface area contributed by atoms with Gasteiger partial charge in [-0.3, -0.25) is 19.3 Å². The lowest BCUT2D eigenvalue weighted by Gasteiger charge is -2.51. The standard InChI is InChI=1S/C30H26N4O7/c1-38-30(37)41-18-40-28-24(35)12-14-33-27(28)29(36)32-15-16-39-17-25(32)34(33)26-20-8-3-2-7-19(20)22-11-6-13-31(22)23-10-5-4-9-21(23)26/h2-14,25-26H,15-18H2,1H3/t25-,26+/m1/s1. The van der Waals surface area contributed by atoms with Gasteiger partial charge in [0, 0.05) is 36.1 Å². The highest BCUT2D eigenvalue weighted by Gasteiger charge is 2.46. The number of carbonyl (C=O) groups excluding carboxylic acids is 2. The van der Waals surface area contributed by atoms with Gasteiger partial charge in [-0.2, -0.15) is 0 Å². The topological polar surface area (TPSA) is 104 Å². The van der Waals surface area contributed by atoms with E-state index in [1.54, 1.807) is 15.8 Å². The molecular weight excluding hydrogens is 528 g/mol. The van der Waals surface area contributed by atoms with Gasteiger partial charge < -0.3 is 28.4 Å². The number of fused-ring (bicyclic) bond motifs is 7. The van der Waals surface area contributed by atoms with Crippen molar-refractivity contribution < 1.29 is 28.5 Å². The molecular formula is C30H26N4O7. The summed E-state index contributed by atoms with van der Waals surface area (Å²) in [6.07, 6.45) is 2.19. The van der Waals surface area contributed by atoms with E-state index in [9.17, 15) is 14.4 Å². The summed E-state index contributed by atoms with van der Waals surface area (Å²) in [5, 5.41) is 2.08. The van der Waals surface area contributed by atoms with Crippen LogP contribution in [0.5, 0.6) is 5.75 Å². The number of aromatic nitrogens is 2. The zero-order chi connectivity index (χ0) is 28.1. The van der Waals surface area contributed by atoms with Gasteiger partial charge in [0.1, 0.15) is 12.2 Å². The van der Waals surface area contributed by atoms with Gasteiger partial charge >= 0.3 is 6.16 Å². The van der Waals surface area contributed by atoms with E-state index in [1.807, 2.05) is 36.5 Å². The Balaban J connectivity index is 1.46. The molecule has 0 N–H and O–H groups in total. The Morgan fingerprint density at radius 1 is 0.976 bits per heavy atom. The molecule has 0 saturated carbocycles. The lowest BCUT2D eigenvalue weighted by molar-refractivity contribution is -0.0208. The first-order valence-electron chi connectivity index (χ1n) is 13.2. The van der Waals surface area contributed by atoms with Crippen molar-refractivity contribution in [3.8, 4) is 22.7 Å². The molecule has 5 heterocycles. The van der Waals surface area contributed by atoms with E-state index in [4.69, 9.17) is 14.2 Å². The summed E-state index contributed by atoms with van der Waals surface area (Å²) in [6.45, 7) is 0.366. The van der Waals surface area contributed by atoms with Crippen LogP contribution in [0.3, 0.4) is 0 Å². The summed E-state index contributed by atoms with van der Waals surface area (Å²) in [5.41, 5.74) is 4.66. The predicted octanol–water partition coefficient (Wildman–Crippen LogP) is 3.28. The van der Waals surface area contributed by atoms with E-state index < -0.39 is 24.5 Å². The molecule has 208 valence electrons. The van der Waals surface area contributed by atoms with E-state index in [1.165, 1.54) is 13.2 Å². The van der Waals surface area contributed by atoms with Crippen LogP contribution in [0.4, 0.5) is 4.79 Å². The maximum absolute atomic E-state index is 14.0. The number of pyridine rings is 1. The molecule has 4 aromatic rings. The van der Waals surface area contributed by atoms with Crippen LogP contribution in [0, 0.1) is 0 Å². The molecule has 41 heavy (non-hydrogen) atoms. The summed E-state index contributed by atoms with van der Waals surface area (Å²) in [5.74, 6) is -0.584. The van der Waals surface area contributed by atoms with E-state index in [2.05, 4.69) is 44.6 Å². The lowest BCUT2D eigenvalue weighted by Crippen LogP contribution is -2.66. The predicted molar refractivity (Wildman–Crippen MR) is 147 cm³/mol. The highest BCUT2D eigenvalue weighted by atomic mass is 16.8. The second-order valence-corrected chi connectivity index (χ2v) is 9.81. The van der Waals surface area contributed by atoms with Gasteiger partial charge in [0.2, 0.25) is 18.0 Å². The number of ether oxygens (including phenoxy) is 4. The fraction of sp³-hybridized carbons (Fsp3) is 0.233. The number of carbonyl (C=O) groups is 2. The second-order valence-electron chi connectivity index (χ2n) is 9.81. The van der Waals surface area contributed by atoms with Gasteiger partial charge in [-0.05, 0) is 23.8 Å². The lowest BCUT2D eigenvalue weighted by atomic mass is 9.92. The molecule has 0 unspecified atom stereocenters. The monoisotopic (exact) mass is 554 g/mol. The molecule has 0 spiro atoms. The molecule has 0 bridgehead atoms. The van der Waals surface area contributed by atoms with Crippen molar-refractivity contribution in [3.63, 3.8) is 0 Å². The zero-order valence-electron chi connectivity index (χ0n) is 22.1. The van der Waals surface area contributed by atoms with E-state index in [0.717, 1.165) is 28.1 Å². The number of methoxy groups -OCH3 is 1. The molecule has 2 atom stereocenters. The average molecular weight is 555 g/mol. The van der Waals surface area contributed by atoms with Crippen LogP contribution in [0.15, 0.2) is 83.9 Å². The first-order chi connectivity index (χ1) is 20.1. The van der Waals surface area contributed by atoms with Crippen molar-refractivity contribution >= 4 is 12.1 Å². The number of para-hydroxylation sites is 1. The Labute approximate surface area is 234 Å². The minimum Gasteiger partial charge on any atom is -0.451 e. The molecule has 7 rings (SSSR count). The molecule has 1 fully saturated rings. The summed E-state index contributed by atoms with van der Waals surface area (Å²) in [4.78, 5) is 40.3. The van der Waals surface area contributed by atoms with Gasteiger partial charge in [-0.25, -0.2) is 4.79 Å². The van der Waals surface area contributed by atoms with Gasteiger partial charge in [0.05, 0.1) is 31.7 Å². The maximum atomic E-state index is 14.0. The van der Waals surface area contributed by atoms with Crippen molar-refractivity contribution in [1.29, 1.82) is 0 Å². The Morgan fingerprint density at radius 2 is 1.78 bits per heavy atom. The van der Waals surface area contributed by atoms with Crippen LogP contribution in [0.25, 0.3) is 16.9 Å². The van der Waals surface area contributed by atoms with E-state index >= 15 is 0 Å². The van der Waals surface area contributed by atoms with Crippen LogP contribution in [0.1, 0.15) is 27.7 Å². The molecule has 2 aromatic heterocycles. The van der Waals surface area contributed by atoms with Gasteiger partial charge in [0.25, 0.3) is 5.91 Å². The molecule has 2 aromatic carbocycles. The average Bonchev–Trinajstić information content (AvgIpc) is 3.46. The van der Waals surface area contributed by atoms with Gasteiger partial charge in [-0.15, -0.1) is 0 Å². The highest BCUT2D eigenvalue weighted by Crippen LogP contribution is 2.44. The number of amides is 1. The van der Waals surface area contributed by atoms with Crippen molar-refractivity contribution in [2.45, 2.75) is 12.2 Å². The number of nitrogens with zero attached hydrogens (tertiary/aromatic N) is 4. The van der Waals surface area contributed by atoms with Crippen molar-refractivity contribution in [2.24, 2.45) is 0 Å². The quantitative estimate of drug-likeness (QED) is 0.280. The van der Waals surface area contributed by atoms with Crippen LogP contribution in [-0.2, 0) is 14.2 Å². The summed E-state index contributed by atoms with van der Waals surface area (Å²) in [7, 11) is 1.17. The smallest absolute Gasteiger partial charge is 0.451 e. The minimum atomic E-state index is -0.966. The SMILES string of the molecule is COC(=O)OCOc1c2n(ccc1=O)N([C@H]1c3ccccc3-c3cccn3-c3ccccc31)[C@@H]1COCCN1C2=O. The fourth-order valence-corrected chi connectivity index (χ4v) is 6.02. The Kier molecular flexibility index (Phi) is 6.01. The van der Waals surface area contributed by atoms with Crippen LogP contribution >= 0.6 is 0 Å². The number of hydrogen-bond acceptors (Lipinski definition) is 8. The maximum Gasteiger partial charge on any atom is 0.510 e. The summed E-state index contributed by atoms with van der Waals surface area (Å²) < 4.78 is 24.8. The number of hydrogen-bond donors (Lipinski definition) is 0. The fourth-order valence-electron chi connectivity index (χ4n) is 6.02. The van der Waals surface area contributed by atoms with E-state index in [-0.39, 0.29) is 30.0 Å². The van der Waals surface area contributed by atoms with Crippen LogP contribution in [-0.4, -0.2) is 66.0 Å². The number of benzene rings is 2. The molecule has 0 radical (unpaired) electrons. The normalized spacial score (nSPS) is 18.7. The molecule has 1 amide bonds. The van der Waals surface area contributed by atoms with Crippen molar-refractivity contribution in [3.05, 3.63) is 106 Å². The van der Waals surface area contributed by atoms with E-state index in [0.29, 0.717) is 13.2 Å². The molecule has 11 nitrogen and oxygen atoms in total. The first kappa shape index (κ1) is 25.0. The van der Waals surface area contributed by atoms with Gasteiger partial charge in [-0.1, -0.05) is 42.5 Å². The minimum absolute atomic E-state index is 0.0444. The Morgan fingerprint density at radius 3 is 2.63 bits per heavy atom. The largest absolute Gasteiger partial charge is 0.510 e. The molecule has 11 heteroatoms. The van der Waals surface area contributed by atoms with Crippen LogP contribution < -0.4 is 15.2 Å². The number of rotatable bonds is 4. The van der Waals surface area contributed by atoms with Gasteiger partial charge in [0.15, 0.2) is 5.69 Å². The molecule has 3 aliphatic heterocycles. The first-order valence-corrected chi connectivity index (χ1v) is 13.2. The van der Waals surface area contributed by atoms with Crippen molar-refractivity contribution in [2.75, 3.05) is 38.7 Å². The Bertz CT molecular complexity index is 1670. The number of morpholine rings is 1. The zero-order valence-corrected chi connectivity index (χ0v) is 22.1. The third kappa shape index (κ3) is 3.88. The third-order valence-electron chi connectivity index (χ3n) is 7.74. The Hall–Kier alpha value is -5.03. The summed E-state index contributed by atoms with van der Waals surface area (Å²) in [6, 6.07) is 21.4. The van der Waals surface area contributed by atoms with Crippen molar-refractivity contribution in [1.82, 2.24) is 14.1 Å².